The molecule has 8 heteroatoms. The summed E-state index contributed by atoms with van der Waals surface area (Å²) in [7, 11) is -2.48. The minimum Gasteiger partial charge on any atom is -0.496 e. The molecule has 7 nitrogen and oxygen atoms in total. The first-order valence-electron chi connectivity index (χ1n) is 6.37. The summed E-state index contributed by atoms with van der Waals surface area (Å²) in [5.41, 5.74) is -0.218. The Balaban J connectivity index is 2.88. The fourth-order valence-corrected chi connectivity index (χ4v) is 2.81. The maximum absolute atomic E-state index is 12.0. The van der Waals surface area contributed by atoms with Gasteiger partial charge in [0, 0.05) is 6.54 Å². The maximum atomic E-state index is 12.0. The Hall–Kier alpha value is -1.64. The summed E-state index contributed by atoms with van der Waals surface area (Å²) in [6.45, 7) is 1.79. The molecule has 0 spiro atoms. The Morgan fingerprint density at radius 2 is 2.10 bits per heavy atom. The van der Waals surface area contributed by atoms with Crippen LogP contribution in [0.5, 0.6) is 5.75 Å². The van der Waals surface area contributed by atoms with Gasteiger partial charge in [0.15, 0.2) is 0 Å². The topological polar surface area (TPSA) is 113 Å². The lowest BCUT2D eigenvalue weighted by Crippen LogP contribution is -2.25. The van der Waals surface area contributed by atoms with Crippen LogP contribution >= 0.6 is 0 Å². The van der Waals surface area contributed by atoms with Crippen LogP contribution in [0.15, 0.2) is 23.1 Å². The van der Waals surface area contributed by atoms with Gasteiger partial charge in [0.05, 0.1) is 18.1 Å². The Labute approximate surface area is 123 Å². The second-order valence-electron chi connectivity index (χ2n) is 4.56. The van der Waals surface area contributed by atoms with Gasteiger partial charge in [-0.2, -0.15) is 0 Å². The van der Waals surface area contributed by atoms with E-state index in [1.807, 2.05) is 0 Å². The van der Waals surface area contributed by atoms with Crippen LogP contribution in [0.2, 0.25) is 0 Å². The van der Waals surface area contributed by atoms with Crippen LogP contribution in [0.25, 0.3) is 0 Å². The highest BCUT2D eigenvalue weighted by Gasteiger charge is 2.19. The lowest BCUT2D eigenvalue weighted by atomic mass is 10.2. The molecule has 118 valence electrons. The number of carboxylic acids is 1. The summed E-state index contributed by atoms with van der Waals surface area (Å²) in [5.74, 6) is -1.17. The van der Waals surface area contributed by atoms with Crippen LogP contribution in [0, 0.1) is 0 Å². The molecule has 0 saturated carbocycles. The molecule has 1 aromatic carbocycles. The number of methoxy groups -OCH3 is 1. The van der Waals surface area contributed by atoms with Crippen molar-refractivity contribution >= 4 is 16.0 Å². The number of aliphatic hydroxyl groups is 1. The maximum Gasteiger partial charge on any atom is 0.339 e. The molecule has 0 aliphatic heterocycles. The minimum absolute atomic E-state index is 0.0931. The Kier molecular flexibility index (Phi) is 6.13. The zero-order chi connectivity index (χ0) is 16.0. The summed E-state index contributed by atoms with van der Waals surface area (Å²) in [4.78, 5) is 10.9. The van der Waals surface area contributed by atoms with Gasteiger partial charge < -0.3 is 14.9 Å². The quantitative estimate of drug-likeness (QED) is 0.612. The summed E-state index contributed by atoms with van der Waals surface area (Å²) in [6, 6.07) is 3.63. The molecule has 3 N–H and O–H groups in total. The monoisotopic (exact) mass is 317 g/mol. The van der Waals surface area contributed by atoms with Crippen LogP contribution in [0.1, 0.15) is 30.1 Å². The lowest BCUT2D eigenvalue weighted by molar-refractivity contribution is 0.0693. The fraction of sp³-hybridized carbons (Fsp3) is 0.462. The van der Waals surface area contributed by atoms with E-state index in [4.69, 9.17) is 14.9 Å². The standard InChI is InChI=1S/C13H19NO6S/c1-9(15)4-3-7-14-21(18,19)10-5-6-12(20-2)11(8-10)13(16)17/h5-6,8-9,14-15H,3-4,7H2,1-2H3,(H,16,17). The second kappa shape index (κ2) is 7.39. The molecule has 1 rings (SSSR count). The first-order valence-corrected chi connectivity index (χ1v) is 7.85. The molecule has 21 heavy (non-hydrogen) atoms. The molecule has 0 heterocycles. The highest BCUT2D eigenvalue weighted by atomic mass is 32.2. The number of hydrogen-bond donors (Lipinski definition) is 3. The highest BCUT2D eigenvalue weighted by Crippen LogP contribution is 2.22. The Morgan fingerprint density at radius 3 is 2.62 bits per heavy atom. The zero-order valence-corrected chi connectivity index (χ0v) is 12.7. The highest BCUT2D eigenvalue weighted by molar-refractivity contribution is 7.89. The largest absolute Gasteiger partial charge is 0.496 e. The van der Waals surface area contributed by atoms with Crippen LogP contribution in [0.4, 0.5) is 0 Å². The minimum atomic E-state index is -3.79. The van der Waals surface area contributed by atoms with Crippen molar-refractivity contribution in [1.82, 2.24) is 4.72 Å². The van der Waals surface area contributed by atoms with Crippen molar-refractivity contribution in [3.05, 3.63) is 23.8 Å². The molecule has 0 aromatic heterocycles. The van der Waals surface area contributed by atoms with Crippen molar-refractivity contribution in [3.8, 4) is 5.75 Å². The number of carboxylic acid groups (broad SMARTS) is 1. The van der Waals surface area contributed by atoms with Gasteiger partial charge in [0.2, 0.25) is 10.0 Å². The van der Waals surface area contributed by atoms with E-state index in [1.165, 1.54) is 19.2 Å². The number of aromatic carboxylic acids is 1. The SMILES string of the molecule is COc1ccc(S(=O)(=O)NCCCC(C)O)cc1C(=O)O. The molecule has 0 amide bonds. The van der Waals surface area contributed by atoms with Crippen molar-refractivity contribution < 1.29 is 28.2 Å². The van der Waals surface area contributed by atoms with Gasteiger partial charge >= 0.3 is 5.97 Å². The predicted octanol–water partition coefficient (Wildman–Crippen LogP) is 0.833. The second-order valence-corrected chi connectivity index (χ2v) is 6.32. The number of hydrogen-bond acceptors (Lipinski definition) is 5. The van der Waals surface area contributed by atoms with E-state index in [9.17, 15) is 13.2 Å². The lowest BCUT2D eigenvalue weighted by Gasteiger charge is -2.10. The van der Waals surface area contributed by atoms with Gasteiger partial charge in [-0.3, -0.25) is 0 Å². The summed E-state index contributed by atoms with van der Waals surface area (Å²) in [5, 5.41) is 18.1. The summed E-state index contributed by atoms with van der Waals surface area (Å²) < 4.78 is 31.3. The first-order chi connectivity index (χ1) is 9.77. The molecule has 0 saturated heterocycles. The van der Waals surface area contributed by atoms with Crippen molar-refractivity contribution in [1.29, 1.82) is 0 Å². The van der Waals surface area contributed by atoms with Gasteiger partial charge in [0.25, 0.3) is 0 Å². The third kappa shape index (κ3) is 5.00. The van der Waals surface area contributed by atoms with E-state index in [2.05, 4.69) is 4.72 Å². The molecule has 0 aliphatic rings. The van der Waals surface area contributed by atoms with Crippen LogP contribution in [-0.2, 0) is 10.0 Å². The van der Waals surface area contributed by atoms with E-state index in [0.29, 0.717) is 12.8 Å². The van der Waals surface area contributed by atoms with Crippen molar-refractivity contribution in [2.24, 2.45) is 0 Å². The molecule has 1 unspecified atom stereocenters. The zero-order valence-electron chi connectivity index (χ0n) is 11.9. The number of nitrogens with one attached hydrogen (secondary N) is 1. The van der Waals surface area contributed by atoms with Crippen molar-refractivity contribution in [2.75, 3.05) is 13.7 Å². The van der Waals surface area contributed by atoms with Crippen LogP contribution in [-0.4, -0.2) is 44.4 Å². The number of rotatable bonds is 8. The Bertz CT molecular complexity index is 597. The predicted molar refractivity (Wildman–Crippen MR) is 76.1 cm³/mol. The van der Waals surface area contributed by atoms with Gasteiger partial charge in [0.1, 0.15) is 11.3 Å². The third-order valence-electron chi connectivity index (χ3n) is 2.80. The molecule has 0 radical (unpaired) electrons. The summed E-state index contributed by atoms with van der Waals surface area (Å²) >= 11 is 0. The number of benzene rings is 1. The number of sulfonamides is 1. The number of ether oxygens (including phenoxy) is 1. The third-order valence-corrected chi connectivity index (χ3v) is 4.26. The van der Waals surface area contributed by atoms with E-state index < -0.39 is 22.1 Å². The van der Waals surface area contributed by atoms with E-state index in [1.54, 1.807) is 6.92 Å². The first kappa shape index (κ1) is 17.4. The van der Waals surface area contributed by atoms with Gasteiger partial charge in [-0.05, 0) is 38.0 Å². The molecule has 0 aliphatic carbocycles. The molecule has 0 fully saturated rings. The van der Waals surface area contributed by atoms with Crippen LogP contribution < -0.4 is 9.46 Å². The molecule has 1 atom stereocenters. The van der Waals surface area contributed by atoms with Gasteiger partial charge in [-0.15, -0.1) is 0 Å². The molecular formula is C13H19NO6S. The van der Waals surface area contributed by atoms with Crippen molar-refractivity contribution in [3.63, 3.8) is 0 Å². The van der Waals surface area contributed by atoms with Gasteiger partial charge in [-0.25, -0.2) is 17.9 Å². The van der Waals surface area contributed by atoms with E-state index >= 15 is 0 Å². The van der Waals surface area contributed by atoms with E-state index in [-0.39, 0.29) is 22.8 Å². The Morgan fingerprint density at radius 1 is 1.43 bits per heavy atom. The average molecular weight is 317 g/mol. The molecular weight excluding hydrogens is 298 g/mol. The molecule has 1 aromatic rings. The van der Waals surface area contributed by atoms with Crippen LogP contribution in [0.3, 0.4) is 0 Å². The molecule has 0 bridgehead atoms. The fourth-order valence-electron chi connectivity index (χ4n) is 1.71. The number of carbonyl (C=O) groups is 1. The van der Waals surface area contributed by atoms with Gasteiger partial charge in [-0.1, -0.05) is 0 Å². The van der Waals surface area contributed by atoms with E-state index in [0.717, 1.165) is 6.07 Å². The average Bonchev–Trinajstić information content (AvgIpc) is 2.42. The normalized spacial score (nSPS) is 12.9. The summed E-state index contributed by atoms with van der Waals surface area (Å²) in [6.07, 6.45) is 0.471. The van der Waals surface area contributed by atoms with Crippen molar-refractivity contribution in [2.45, 2.75) is 30.8 Å². The smallest absolute Gasteiger partial charge is 0.339 e. The number of aliphatic hydroxyl groups excluding tert-OH is 1.